The molecule has 1 amide bonds. The number of carbonyl (C=O) groups is 1. The van der Waals surface area contributed by atoms with Gasteiger partial charge in [-0.2, -0.15) is 0 Å². The Kier molecular flexibility index (Phi) is 10.8. The number of aryl methyl sites for hydroxylation is 1. The molecular formula is C23H38N2O. The fourth-order valence-electron chi connectivity index (χ4n) is 3.26. The van der Waals surface area contributed by atoms with Crippen LogP contribution in [-0.2, 0) is 11.2 Å². The first kappa shape index (κ1) is 22.3. The van der Waals surface area contributed by atoms with Crippen molar-refractivity contribution in [2.75, 3.05) is 19.6 Å². The first-order chi connectivity index (χ1) is 12.5. The number of rotatable bonds is 7. The summed E-state index contributed by atoms with van der Waals surface area (Å²) in [6.45, 7) is 15.1. The van der Waals surface area contributed by atoms with Crippen LogP contribution in [0.25, 0.3) is 0 Å². The predicted octanol–water partition coefficient (Wildman–Crippen LogP) is 5.10. The van der Waals surface area contributed by atoms with E-state index >= 15 is 0 Å². The van der Waals surface area contributed by atoms with Crippen LogP contribution in [0.4, 0.5) is 0 Å². The third kappa shape index (κ3) is 7.63. The number of nitrogens with one attached hydrogen (secondary N) is 1. The first-order valence-corrected chi connectivity index (χ1v) is 10.3. The maximum Gasteiger partial charge on any atom is 0.226 e. The van der Waals surface area contributed by atoms with Gasteiger partial charge < -0.3 is 10.2 Å². The molecule has 0 aliphatic carbocycles. The molecule has 1 aromatic rings. The normalized spacial score (nSPS) is 14.8. The van der Waals surface area contributed by atoms with Crippen LogP contribution in [0.3, 0.4) is 0 Å². The summed E-state index contributed by atoms with van der Waals surface area (Å²) in [6, 6.07) is 8.42. The second-order valence-corrected chi connectivity index (χ2v) is 7.11. The van der Waals surface area contributed by atoms with E-state index in [2.05, 4.69) is 68.8 Å². The monoisotopic (exact) mass is 358 g/mol. The number of piperidine rings is 1. The lowest BCUT2D eigenvalue weighted by Crippen LogP contribution is -2.40. The highest BCUT2D eigenvalue weighted by Crippen LogP contribution is 2.20. The molecule has 1 aliphatic heterocycles. The summed E-state index contributed by atoms with van der Waals surface area (Å²) >= 11 is 0. The zero-order chi connectivity index (χ0) is 19.4. The van der Waals surface area contributed by atoms with Crippen molar-refractivity contribution in [2.24, 2.45) is 5.92 Å². The average Bonchev–Trinajstić information content (AvgIpc) is 2.68. The number of amides is 1. The Morgan fingerprint density at radius 3 is 2.31 bits per heavy atom. The van der Waals surface area contributed by atoms with Crippen LogP contribution >= 0.6 is 0 Å². The van der Waals surface area contributed by atoms with Crippen LogP contribution in [0.15, 0.2) is 36.5 Å². The van der Waals surface area contributed by atoms with Gasteiger partial charge in [-0.1, -0.05) is 44.7 Å². The van der Waals surface area contributed by atoms with Crippen molar-refractivity contribution in [1.29, 1.82) is 0 Å². The predicted molar refractivity (Wildman–Crippen MR) is 112 cm³/mol. The Hall–Kier alpha value is -1.77. The van der Waals surface area contributed by atoms with Crippen LogP contribution in [-0.4, -0.2) is 30.4 Å². The molecule has 0 spiro atoms. The summed E-state index contributed by atoms with van der Waals surface area (Å²) in [6.07, 6.45) is 6.48. The van der Waals surface area contributed by atoms with E-state index in [0.717, 1.165) is 44.6 Å². The summed E-state index contributed by atoms with van der Waals surface area (Å²) in [5.41, 5.74) is 3.75. The maximum absolute atomic E-state index is 12.6. The minimum absolute atomic E-state index is 0.152. The molecule has 146 valence electrons. The molecule has 1 atom stereocenters. The smallest absolute Gasteiger partial charge is 0.226 e. The van der Waals surface area contributed by atoms with Crippen molar-refractivity contribution >= 4 is 5.91 Å². The van der Waals surface area contributed by atoms with Crippen LogP contribution in [0.1, 0.15) is 64.0 Å². The molecule has 3 nitrogen and oxygen atoms in total. The number of hydrogen-bond donors (Lipinski definition) is 1. The van der Waals surface area contributed by atoms with Crippen molar-refractivity contribution in [3.8, 4) is 0 Å². The molecule has 0 bridgehead atoms. The molecule has 1 aromatic carbocycles. The number of carbonyl (C=O) groups excluding carboxylic acids is 1. The van der Waals surface area contributed by atoms with Gasteiger partial charge in [-0.15, -0.1) is 0 Å². The largest absolute Gasteiger partial charge is 0.389 e. The lowest BCUT2D eigenvalue weighted by atomic mass is 9.92. The van der Waals surface area contributed by atoms with Crippen molar-refractivity contribution in [3.05, 3.63) is 47.7 Å². The zero-order valence-corrected chi connectivity index (χ0v) is 17.3. The minimum atomic E-state index is 0.152. The molecule has 0 radical (unpaired) electrons. The maximum atomic E-state index is 12.6. The number of allylic oxidation sites excluding steroid dienone is 1. The molecule has 1 heterocycles. The highest BCUT2D eigenvalue weighted by molar-refractivity contribution is 5.79. The van der Waals surface area contributed by atoms with E-state index < -0.39 is 0 Å². The standard InChI is InChI=1S/C17H25NO.C6H13N/c1-3-15(13-16-10-6-5-9-14(16)2)17(19)18-11-7-4-8-12-18;1-4-6(3)7-5-2/h5-6,9-10,15H,3-4,7-8,11-13H2,1-2H3;7H,3-5H2,1-2H3. The van der Waals surface area contributed by atoms with E-state index in [1.165, 1.54) is 30.4 Å². The van der Waals surface area contributed by atoms with E-state index in [0.29, 0.717) is 5.91 Å². The Morgan fingerprint density at radius 2 is 1.81 bits per heavy atom. The number of nitrogens with zero attached hydrogens (tertiary/aromatic N) is 1. The van der Waals surface area contributed by atoms with Gasteiger partial charge >= 0.3 is 0 Å². The van der Waals surface area contributed by atoms with Crippen LogP contribution in [0, 0.1) is 12.8 Å². The first-order valence-electron chi connectivity index (χ1n) is 10.3. The Morgan fingerprint density at radius 1 is 1.15 bits per heavy atom. The molecule has 0 saturated carbocycles. The summed E-state index contributed by atoms with van der Waals surface area (Å²) in [5, 5.41) is 3.10. The molecule has 2 rings (SSSR count). The van der Waals surface area contributed by atoms with Crippen LogP contribution < -0.4 is 5.32 Å². The Labute approximate surface area is 160 Å². The average molecular weight is 359 g/mol. The van der Waals surface area contributed by atoms with Crippen molar-refractivity contribution in [1.82, 2.24) is 10.2 Å². The van der Waals surface area contributed by atoms with Gasteiger partial charge in [0.05, 0.1) is 0 Å². The SMILES string of the molecule is C=C(CC)NCC.CCC(Cc1ccccc1C)C(=O)N1CCCCC1. The third-order valence-corrected chi connectivity index (χ3v) is 5.09. The van der Waals surface area contributed by atoms with Gasteiger partial charge in [0, 0.05) is 31.2 Å². The second-order valence-electron chi connectivity index (χ2n) is 7.11. The van der Waals surface area contributed by atoms with Gasteiger partial charge in [0.15, 0.2) is 0 Å². The lowest BCUT2D eigenvalue weighted by Gasteiger charge is -2.30. The van der Waals surface area contributed by atoms with Gasteiger partial charge in [0.1, 0.15) is 0 Å². The highest BCUT2D eigenvalue weighted by Gasteiger charge is 2.24. The molecule has 1 saturated heterocycles. The minimum Gasteiger partial charge on any atom is -0.389 e. The van der Waals surface area contributed by atoms with Crippen LogP contribution in [0.5, 0.6) is 0 Å². The van der Waals surface area contributed by atoms with E-state index in [1.54, 1.807) is 0 Å². The van der Waals surface area contributed by atoms with Crippen LogP contribution in [0.2, 0.25) is 0 Å². The van der Waals surface area contributed by atoms with E-state index in [1.807, 2.05) is 0 Å². The van der Waals surface area contributed by atoms with Crippen molar-refractivity contribution < 1.29 is 4.79 Å². The molecular weight excluding hydrogens is 320 g/mol. The molecule has 0 aromatic heterocycles. The van der Waals surface area contributed by atoms with Gasteiger partial charge in [0.2, 0.25) is 5.91 Å². The summed E-state index contributed by atoms with van der Waals surface area (Å²) < 4.78 is 0. The molecule has 1 unspecified atom stereocenters. The fourth-order valence-corrected chi connectivity index (χ4v) is 3.26. The molecule has 1 fully saturated rings. The summed E-state index contributed by atoms with van der Waals surface area (Å²) in [5.74, 6) is 0.518. The van der Waals surface area contributed by atoms with E-state index in [9.17, 15) is 4.79 Å². The number of benzene rings is 1. The van der Waals surface area contributed by atoms with Crippen molar-refractivity contribution in [2.45, 2.75) is 66.2 Å². The van der Waals surface area contributed by atoms with Gasteiger partial charge in [-0.25, -0.2) is 0 Å². The molecule has 1 N–H and O–H groups in total. The Bertz CT molecular complexity index is 547. The quantitative estimate of drug-likeness (QED) is 0.736. The Balaban J connectivity index is 0.000000412. The topological polar surface area (TPSA) is 32.3 Å². The molecule has 26 heavy (non-hydrogen) atoms. The third-order valence-electron chi connectivity index (χ3n) is 5.09. The fraction of sp³-hybridized carbons (Fsp3) is 0.609. The second kappa shape index (κ2) is 12.6. The highest BCUT2D eigenvalue weighted by atomic mass is 16.2. The number of hydrogen-bond acceptors (Lipinski definition) is 2. The van der Waals surface area contributed by atoms with Gasteiger partial charge in [-0.3, -0.25) is 4.79 Å². The number of likely N-dealkylation sites (tertiary alicyclic amines) is 1. The lowest BCUT2D eigenvalue weighted by molar-refractivity contribution is -0.136. The zero-order valence-electron chi connectivity index (χ0n) is 17.3. The summed E-state index contributed by atoms with van der Waals surface area (Å²) in [4.78, 5) is 14.7. The molecule has 3 heteroatoms. The van der Waals surface area contributed by atoms with E-state index in [4.69, 9.17) is 0 Å². The van der Waals surface area contributed by atoms with Gasteiger partial charge in [-0.05, 0) is 63.5 Å². The van der Waals surface area contributed by atoms with Gasteiger partial charge in [0.25, 0.3) is 0 Å². The molecule has 1 aliphatic rings. The summed E-state index contributed by atoms with van der Waals surface area (Å²) in [7, 11) is 0. The van der Waals surface area contributed by atoms with E-state index in [-0.39, 0.29) is 5.92 Å². The van der Waals surface area contributed by atoms with Crippen molar-refractivity contribution in [3.63, 3.8) is 0 Å².